The summed E-state index contributed by atoms with van der Waals surface area (Å²) < 4.78 is 0. The van der Waals surface area contributed by atoms with Crippen LogP contribution < -0.4 is 5.32 Å². The van der Waals surface area contributed by atoms with Crippen molar-refractivity contribution in [3.05, 3.63) is 90.1 Å². The van der Waals surface area contributed by atoms with Gasteiger partial charge in [0.05, 0.1) is 17.4 Å². The molecular formula is C24H28N2. The highest BCUT2D eigenvalue weighted by molar-refractivity contribution is 5.58. The summed E-state index contributed by atoms with van der Waals surface area (Å²) in [4.78, 5) is 5.00. The van der Waals surface area contributed by atoms with Gasteiger partial charge in [0.25, 0.3) is 0 Å². The monoisotopic (exact) mass is 344 g/mol. The number of aromatic nitrogens is 1. The van der Waals surface area contributed by atoms with E-state index in [9.17, 15) is 0 Å². The minimum atomic E-state index is 0.249. The first-order valence-electron chi connectivity index (χ1n) is 9.57. The van der Waals surface area contributed by atoms with E-state index < -0.39 is 0 Å². The van der Waals surface area contributed by atoms with Crippen LogP contribution in [0.15, 0.2) is 78.9 Å². The maximum absolute atomic E-state index is 5.00. The molecule has 2 aromatic carbocycles. The van der Waals surface area contributed by atoms with Crippen LogP contribution in [0.25, 0.3) is 11.3 Å². The fourth-order valence-electron chi connectivity index (χ4n) is 3.44. The van der Waals surface area contributed by atoms with Crippen LogP contribution in [0.1, 0.15) is 44.0 Å². The third-order valence-corrected chi connectivity index (χ3v) is 4.84. The molecule has 0 saturated heterocycles. The second-order valence-corrected chi connectivity index (χ2v) is 6.92. The molecule has 0 spiro atoms. The van der Waals surface area contributed by atoms with E-state index in [0.717, 1.165) is 17.9 Å². The largest absolute Gasteiger partial charge is 0.304 e. The summed E-state index contributed by atoms with van der Waals surface area (Å²) in [6, 6.07) is 27.6. The Hall–Kier alpha value is -2.45. The van der Waals surface area contributed by atoms with E-state index in [1.165, 1.54) is 24.0 Å². The molecular weight excluding hydrogens is 316 g/mol. The number of nitrogens with zero attached hydrogens (tertiary/aromatic N) is 1. The fourth-order valence-corrected chi connectivity index (χ4v) is 3.44. The maximum atomic E-state index is 5.00. The van der Waals surface area contributed by atoms with Gasteiger partial charge in [-0.1, -0.05) is 87.0 Å². The zero-order valence-electron chi connectivity index (χ0n) is 15.7. The predicted octanol–water partition coefficient (Wildman–Crippen LogP) is 6.02. The standard InChI is InChI=1S/C24H28N2/c1-3-11-19(2)24(25-18-20-12-6-4-7-13-20)23-17-10-16-22(26-23)21-14-8-5-9-15-21/h4-10,12-17,19,24-25H,3,11,18H2,1-2H3. The van der Waals surface area contributed by atoms with Gasteiger partial charge in [0.15, 0.2) is 0 Å². The van der Waals surface area contributed by atoms with E-state index in [1.807, 2.05) is 6.07 Å². The van der Waals surface area contributed by atoms with E-state index in [1.54, 1.807) is 0 Å². The average Bonchev–Trinajstić information content (AvgIpc) is 2.70. The van der Waals surface area contributed by atoms with Gasteiger partial charge < -0.3 is 5.32 Å². The summed E-state index contributed by atoms with van der Waals surface area (Å²) >= 11 is 0. The Kier molecular flexibility index (Phi) is 6.56. The number of nitrogens with one attached hydrogen (secondary N) is 1. The number of hydrogen-bond donors (Lipinski definition) is 1. The van der Waals surface area contributed by atoms with Crippen LogP contribution in [0.2, 0.25) is 0 Å². The Morgan fingerprint density at radius 2 is 1.54 bits per heavy atom. The van der Waals surface area contributed by atoms with Crippen LogP contribution >= 0.6 is 0 Å². The molecule has 1 N–H and O–H groups in total. The first-order valence-corrected chi connectivity index (χ1v) is 9.57. The molecule has 2 heteroatoms. The van der Waals surface area contributed by atoms with Crippen LogP contribution in [0.4, 0.5) is 0 Å². The third-order valence-electron chi connectivity index (χ3n) is 4.84. The van der Waals surface area contributed by atoms with E-state index in [2.05, 4.69) is 92.0 Å². The first kappa shape index (κ1) is 18.3. The summed E-state index contributed by atoms with van der Waals surface area (Å²) in [5.74, 6) is 0.530. The van der Waals surface area contributed by atoms with Gasteiger partial charge in [0.1, 0.15) is 0 Å². The lowest BCUT2D eigenvalue weighted by Gasteiger charge is -2.25. The summed E-state index contributed by atoms with van der Waals surface area (Å²) in [5, 5.41) is 3.75. The van der Waals surface area contributed by atoms with Crippen molar-refractivity contribution >= 4 is 0 Å². The Labute approximate surface area is 157 Å². The minimum Gasteiger partial charge on any atom is -0.304 e. The zero-order valence-corrected chi connectivity index (χ0v) is 15.7. The quantitative estimate of drug-likeness (QED) is 0.541. The van der Waals surface area contributed by atoms with Crippen molar-refractivity contribution in [3.63, 3.8) is 0 Å². The van der Waals surface area contributed by atoms with Gasteiger partial charge in [-0.15, -0.1) is 0 Å². The fraction of sp³-hybridized carbons (Fsp3) is 0.292. The second kappa shape index (κ2) is 9.30. The van der Waals surface area contributed by atoms with Gasteiger partial charge in [-0.3, -0.25) is 4.98 Å². The van der Waals surface area contributed by atoms with Gasteiger partial charge in [0, 0.05) is 12.1 Å². The number of pyridine rings is 1. The van der Waals surface area contributed by atoms with Gasteiger partial charge in [-0.05, 0) is 30.0 Å². The van der Waals surface area contributed by atoms with Crippen molar-refractivity contribution in [1.82, 2.24) is 10.3 Å². The van der Waals surface area contributed by atoms with Crippen molar-refractivity contribution in [2.24, 2.45) is 5.92 Å². The molecule has 0 radical (unpaired) electrons. The maximum Gasteiger partial charge on any atom is 0.0706 e. The molecule has 26 heavy (non-hydrogen) atoms. The Morgan fingerprint density at radius 3 is 2.23 bits per heavy atom. The SMILES string of the molecule is CCCC(C)C(NCc1ccccc1)c1cccc(-c2ccccc2)n1. The molecule has 0 bridgehead atoms. The average molecular weight is 345 g/mol. The molecule has 0 aliphatic carbocycles. The molecule has 3 aromatic rings. The molecule has 2 nitrogen and oxygen atoms in total. The highest BCUT2D eigenvalue weighted by Crippen LogP contribution is 2.27. The second-order valence-electron chi connectivity index (χ2n) is 6.92. The van der Waals surface area contributed by atoms with Crippen molar-refractivity contribution in [1.29, 1.82) is 0 Å². The Bertz CT molecular complexity index is 784. The molecule has 0 amide bonds. The van der Waals surface area contributed by atoms with Crippen LogP contribution in [-0.2, 0) is 6.54 Å². The van der Waals surface area contributed by atoms with Crippen LogP contribution in [0.3, 0.4) is 0 Å². The number of hydrogen-bond acceptors (Lipinski definition) is 2. The molecule has 2 atom stereocenters. The molecule has 134 valence electrons. The topological polar surface area (TPSA) is 24.9 Å². The van der Waals surface area contributed by atoms with Crippen LogP contribution in [0.5, 0.6) is 0 Å². The van der Waals surface area contributed by atoms with Gasteiger partial charge in [-0.2, -0.15) is 0 Å². The van der Waals surface area contributed by atoms with E-state index in [0.29, 0.717) is 5.92 Å². The highest BCUT2D eigenvalue weighted by Gasteiger charge is 2.20. The van der Waals surface area contributed by atoms with Gasteiger partial charge in [0.2, 0.25) is 0 Å². The minimum absolute atomic E-state index is 0.249. The van der Waals surface area contributed by atoms with Crippen molar-refractivity contribution in [2.75, 3.05) is 0 Å². The molecule has 1 heterocycles. The Morgan fingerprint density at radius 1 is 0.846 bits per heavy atom. The smallest absolute Gasteiger partial charge is 0.0706 e. The number of benzene rings is 2. The van der Waals surface area contributed by atoms with E-state index in [4.69, 9.17) is 4.98 Å². The Balaban J connectivity index is 1.84. The summed E-state index contributed by atoms with van der Waals surface area (Å²) in [7, 11) is 0. The molecule has 0 saturated carbocycles. The highest BCUT2D eigenvalue weighted by atomic mass is 14.9. The lowest BCUT2D eigenvalue weighted by molar-refractivity contribution is 0.355. The zero-order chi connectivity index (χ0) is 18.2. The molecule has 0 fully saturated rings. The molecule has 0 aliphatic rings. The lowest BCUT2D eigenvalue weighted by atomic mass is 9.93. The number of rotatable bonds is 8. The molecule has 0 aliphatic heterocycles. The molecule has 2 unspecified atom stereocenters. The summed E-state index contributed by atoms with van der Waals surface area (Å²) in [5.41, 5.74) is 4.64. The predicted molar refractivity (Wildman–Crippen MR) is 110 cm³/mol. The van der Waals surface area contributed by atoms with E-state index in [-0.39, 0.29) is 6.04 Å². The molecule has 1 aromatic heterocycles. The lowest BCUT2D eigenvalue weighted by Crippen LogP contribution is -2.27. The van der Waals surface area contributed by atoms with Crippen LogP contribution in [-0.4, -0.2) is 4.98 Å². The molecule has 3 rings (SSSR count). The normalized spacial score (nSPS) is 13.3. The van der Waals surface area contributed by atoms with E-state index >= 15 is 0 Å². The van der Waals surface area contributed by atoms with Crippen molar-refractivity contribution in [3.8, 4) is 11.3 Å². The van der Waals surface area contributed by atoms with Crippen molar-refractivity contribution < 1.29 is 0 Å². The van der Waals surface area contributed by atoms with Crippen LogP contribution in [0, 0.1) is 5.92 Å². The van der Waals surface area contributed by atoms with Gasteiger partial charge >= 0.3 is 0 Å². The third kappa shape index (κ3) is 4.80. The summed E-state index contributed by atoms with van der Waals surface area (Å²) in [6.45, 7) is 5.43. The summed E-state index contributed by atoms with van der Waals surface area (Å²) in [6.07, 6.45) is 2.37. The van der Waals surface area contributed by atoms with Crippen molar-refractivity contribution in [2.45, 2.75) is 39.3 Å². The van der Waals surface area contributed by atoms with Gasteiger partial charge in [-0.25, -0.2) is 0 Å². The first-order chi connectivity index (χ1) is 12.8.